The summed E-state index contributed by atoms with van der Waals surface area (Å²) in [4.78, 5) is 26.9. The van der Waals surface area contributed by atoms with E-state index in [1.165, 1.54) is 24.1 Å². The van der Waals surface area contributed by atoms with Crippen molar-refractivity contribution in [3.8, 4) is 11.5 Å². The Morgan fingerprint density at radius 3 is 2.55 bits per heavy atom. The molecule has 158 valence electrons. The average molecular weight is 435 g/mol. The summed E-state index contributed by atoms with van der Waals surface area (Å²) in [7, 11) is 1.74. The summed E-state index contributed by atoms with van der Waals surface area (Å²) in [5.74, 6) is -0.900. The molecule has 7 heteroatoms. The third-order valence-electron chi connectivity index (χ3n) is 5.25. The highest BCUT2D eigenvalue weighted by Gasteiger charge is 2.37. The summed E-state index contributed by atoms with van der Waals surface area (Å²) < 4.78 is 1.68. The van der Waals surface area contributed by atoms with Gasteiger partial charge in [-0.15, -0.1) is 0 Å². The van der Waals surface area contributed by atoms with Crippen LogP contribution < -0.4 is 5.32 Å². The predicted molar refractivity (Wildman–Crippen MR) is 120 cm³/mol. The summed E-state index contributed by atoms with van der Waals surface area (Å²) in [6.45, 7) is 0. The van der Waals surface area contributed by atoms with Gasteiger partial charge >= 0.3 is 0 Å². The third kappa shape index (κ3) is 4.42. The Bertz CT molecular complexity index is 1150. The van der Waals surface area contributed by atoms with E-state index in [-0.39, 0.29) is 23.2 Å². The van der Waals surface area contributed by atoms with Crippen LogP contribution >= 0.6 is 11.9 Å². The van der Waals surface area contributed by atoms with Crippen molar-refractivity contribution < 1.29 is 19.8 Å². The monoisotopic (exact) mass is 434 g/mol. The van der Waals surface area contributed by atoms with Gasteiger partial charge in [0.25, 0.3) is 5.91 Å². The number of aromatic hydroxyl groups is 2. The van der Waals surface area contributed by atoms with E-state index in [9.17, 15) is 19.8 Å². The maximum absolute atomic E-state index is 13.1. The first-order chi connectivity index (χ1) is 14.9. The molecule has 6 nitrogen and oxygen atoms in total. The molecular formula is C24H22N2O4S. The van der Waals surface area contributed by atoms with Crippen molar-refractivity contribution in [2.45, 2.75) is 23.8 Å². The predicted octanol–water partition coefficient (Wildman–Crippen LogP) is 4.03. The number of fused-ring (bicyclic) bond motifs is 1. The van der Waals surface area contributed by atoms with Crippen molar-refractivity contribution in [2.75, 3.05) is 12.4 Å². The number of phenols is 2. The van der Waals surface area contributed by atoms with Crippen LogP contribution in [-0.2, 0) is 17.6 Å². The van der Waals surface area contributed by atoms with Crippen molar-refractivity contribution in [3.63, 3.8) is 0 Å². The molecule has 0 radical (unpaired) electrons. The molecule has 3 N–H and O–H groups in total. The molecule has 1 atom stereocenters. The van der Waals surface area contributed by atoms with Crippen molar-refractivity contribution in [1.82, 2.24) is 4.31 Å². The minimum atomic E-state index is -0.915. The van der Waals surface area contributed by atoms with Gasteiger partial charge in [-0.2, -0.15) is 0 Å². The molecule has 1 amide bonds. The lowest BCUT2D eigenvalue weighted by molar-refractivity contribution is -0.118. The molecule has 4 rings (SSSR count). The number of amides is 1. The number of Topliss-reactive ketones (excluding diaryl/α,β-unsaturated/α-hetero) is 1. The van der Waals surface area contributed by atoms with E-state index in [0.29, 0.717) is 24.1 Å². The fourth-order valence-electron chi connectivity index (χ4n) is 3.62. The lowest BCUT2D eigenvalue weighted by Crippen LogP contribution is -2.46. The van der Waals surface area contributed by atoms with Gasteiger partial charge < -0.3 is 15.5 Å². The van der Waals surface area contributed by atoms with Crippen LogP contribution in [0.3, 0.4) is 0 Å². The maximum Gasteiger partial charge on any atom is 0.250 e. The molecule has 3 aromatic carbocycles. The first kappa shape index (κ1) is 21.0. The number of ketones is 1. The molecule has 1 heterocycles. The quantitative estimate of drug-likeness (QED) is 0.319. The zero-order valence-electron chi connectivity index (χ0n) is 16.9. The highest BCUT2D eigenvalue weighted by molar-refractivity contribution is 7.97. The van der Waals surface area contributed by atoms with Gasteiger partial charge in [-0.1, -0.05) is 42.5 Å². The van der Waals surface area contributed by atoms with E-state index in [1.807, 2.05) is 36.4 Å². The van der Waals surface area contributed by atoms with Crippen molar-refractivity contribution >= 4 is 29.3 Å². The summed E-state index contributed by atoms with van der Waals surface area (Å²) in [6.07, 6.45) is 1.24. The SMILES string of the molecule is CN1Sc2ccccc2C(=O)C1C(=O)Nc1ccccc1CCc1ccc(O)c(O)c1. The fraction of sp³-hybridized carbons (Fsp3) is 0.167. The lowest BCUT2D eigenvalue weighted by atomic mass is 10.0. The topological polar surface area (TPSA) is 89.9 Å². The number of anilines is 1. The first-order valence-corrected chi connectivity index (χ1v) is 10.6. The van der Waals surface area contributed by atoms with E-state index in [2.05, 4.69) is 5.32 Å². The van der Waals surface area contributed by atoms with Crippen molar-refractivity contribution in [3.05, 3.63) is 83.4 Å². The standard InChI is InChI=1S/C24H22N2O4S/c1-26-22(23(29)17-7-3-5-9-21(17)31-26)24(30)25-18-8-4-2-6-16(18)12-10-15-11-13-19(27)20(28)14-15/h2-9,11,13-14,22,27-28H,10,12H2,1H3,(H,25,30). The summed E-state index contributed by atoms with van der Waals surface area (Å²) in [5, 5.41) is 22.1. The Morgan fingerprint density at radius 1 is 1.00 bits per heavy atom. The third-order valence-corrected chi connectivity index (χ3v) is 6.30. The zero-order valence-corrected chi connectivity index (χ0v) is 17.7. The molecule has 0 aliphatic carbocycles. The highest BCUT2D eigenvalue weighted by atomic mass is 32.2. The lowest BCUT2D eigenvalue weighted by Gasteiger charge is -2.30. The van der Waals surface area contributed by atoms with Crippen LogP contribution in [0.4, 0.5) is 5.69 Å². The van der Waals surface area contributed by atoms with Gasteiger partial charge in [-0.3, -0.25) is 9.59 Å². The molecule has 0 saturated carbocycles. The second kappa shape index (κ2) is 8.83. The van der Waals surface area contributed by atoms with Gasteiger partial charge in [-0.25, -0.2) is 4.31 Å². The van der Waals surface area contributed by atoms with Gasteiger partial charge in [0.15, 0.2) is 23.3 Å². The van der Waals surface area contributed by atoms with Crippen LogP contribution in [0.25, 0.3) is 0 Å². The van der Waals surface area contributed by atoms with E-state index >= 15 is 0 Å². The molecule has 0 fully saturated rings. The van der Waals surface area contributed by atoms with Crippen molar-refractivity contribution in [1.29, 1.82) is 0 Å². The largest absolute Gasteiger partial charge is 0.504 e. The smallest absolute Gasteiger partial charge is 0.250 e. The Morgan fingerprint density at radius 2 is 1.74 bits per heavy atom. The Balaban J connectivity index is 1.50. The Labute approximate surface area is 184 Å². The fourth-order valence-corrected chi connectivity index (χ4v) is 4.63. The minimum Gasteiger partial charge on any atom is -0.504 e. The minimum absolute atomic E-state index is 0.155. The van der Waals surface area contributed by atoms with E-state index in [0.717, 1.165) is 16.0 Å². The molecule has 0 spiro atoms. The first-order valence-electron chi connectivity index (χ1n) is 9.87. The zero-order chi connectivity index (χ0) is 22.0. The number of aryl methyl sites for hydroxylation is 2. The molecule has 1 aliphatic heterocycles. The molecule has 0 aromatic heterocycles. The molecular weight excluding hydrogens is 412 g/mol. The molecule has 0 bridgehead atoms. The normalized spacial score (nSPS) is 16.0. The Hall–Kier alpha value is -3.29. The van der Waals surface area contributed by atoms with Crippen molar-refractivity contribution in [2.24, 2.45) is 0 Å². The van der Waals surface area contributed by atoms with Gasteiger partial charge in [-0.05, 0) is 67.2 Å². The number of rotatable bonds is 5. The number of nitrogens with one attached hydrogen (secondary N) is 1. The number of hydrogen-bond donors (Lipinski definition) is 3. The number of nitrogens with zero attached hydrogens (tertiary/aromatic N) is 1. The van der Waals surface area contributed by atoms with Crippen LogP contribution in [0, 0.1) is 0 Å². The summed E-state index contributed by atoms with van der Waals surface area (Å²) in [5.41, 5.74) is 3.00. The van der Waals surface area contributed by atoms with Gasteiger partial charge in [0.05, 0.1) is 0 Å². The number of hydrogen-bond acceptors (Lipinski definition) is 6. The molecule has 1 unspecified atom stereocenters. The molecule has 1 aliphatic rings. The number of carbonyl (C=O) groups is 2. The van der Waals surface area contributed by atoms with E-state index in [1.54, 1.807) is 29.6 Å². The van der Waals surface area contributed by atoms with Crippen LogP contribution in [0.5, 0.6) is 11.5 Å². The molecule has 31 heavy (non-hydrogen) atoms. The second-order valence-corrected chi connectivity index (χ2v) is 8.57. The van der Waals surface area contributed by atoms with Gasteiger partial charge in [0.1, 0.15) is 0 Å². The molecule has 0 saturated heterocycles. The Kier molecular flexibility index (Phi) is 5.97. The number of phenolic OH excluding ortho intramolecular Hbond substituents is 2. The van der Waals surface area contributed by atoms with Crippen LogP contribution in [-0.4, -0.2) is 39.3 Å². The van der Waals surface area contributed by atoms with E-state index < -0.39 is 6.04 Å². The van der Waals surface area contributed by atoms with E-state index in [4.69, 9.17) is 0 Å². The van der Waals surface area contributed by atoms with Gasteiger partial charge in [0.2, 0.25) is 0 Å². The number of para-hydroxylation sites is 1. The number of likely N-dealkylation sites (N-methyl/N-ethyl adjacent to an activating group) is 1. The van der Waals surface area contributed by atoms with Crippen LogP contribution in [0.1, 0.15) is 21.5 Å². The van der Waals surface area contributed by atoms with Gasteiger partial charge in [0, 0.05) is 16.1 Å². The average Bonchev–Trinajstić information content (AvgIpc) is 2.75. The highest BCUT2D eigenvalue weighted by Crippen LogP contribution is 2.34. The van der Waals surface area contributed by atoms with Crippen LogP contribution in [0.2, 0.25) is 0 Å². The second-order valence-electron chi connectivity index (χ2n) is 7.37. The summed E-state index contributed by atoms with van der Waals surface area (Å²) >= 11 is 1.38. The van der Waals surface area contributed by atoms with Crippen LogP contribution in [0.15, 0.2) is 71.6 Å². The maximum atomic E-state index is 13.1. The number of carbonyl (C=O) groups excluding carboxylic acids is 2. The molecule has 3 aromatic rings. The number of benzene rings is 3. The summed E-state index contributed by atoms with van der Waals surface area (Å²) in [6, 6.07) is 18.6.